The number of amides is 2. The number of halogens is 1. The SMILES string of the molecule is O=C(NCc1cccnc1)[C@H]1OC2(CCN(C(=O)Cc3cccc(F)c3)CC2)c2ccccc21. The molecule has 1 saturated heterocycles. The number of hydrogen-bond donors (Lipinski definition) is 1. The number of benzene rings is 2. The van der Waals surface area contributed by atoms with Crippen molar-refractivity contribution >= 4 is 11.8 Å². The molecule has 34 heavy (non-hydrogen) atoms. The predicted molar refractivity (Wildman–Crippen MR) is 124 cm³/mol. The van der Waals surface area contributed by atoms with Crippen LogP contribution in [0.4, 0.5) is 4.39 Å². The van der Waals surface area contributed by atoms with Crippen LogP contribution in [0.1, 0.15) is 41.2 Å². The van der Waals surface area contributed by atoms with E-state index in [1.807, 2.05) is 36.4 Å². The molecule has 6 nitrogen and oxygen atoms in total. The van der Waals surface area contributed by atoms with Gasteiger partial charge in [0.25, 0.3) is 5.91 Å². The fourth-order valence-corrected chi connectivity index (χ4v) is 4.91. The van der Waals surface area contributed by atoms with Crippen LogP contribution in [0.3, 0.4) is 0 Å². The van der Waals surface area contributed by atoms with Gasteiger partial charge in [-0.1, -0.05) is 42.5 Å². The van der Waals surface area contributed by atoms with Gasteiger partial charge in [0.15, 0.2) is 6.10 Å². The number of rotatable bonds is 5. The number of carbonyl (C=O) groups is 2. The van der Waals surface area contributed by atoms with E-state index in [1.165, 1.54) is 12.1 Å². The van der Waals surface area contributed by atoms with Crippen molar-refractivity contribution < 1.29 is 18.7 Å². The number of ether oxygens (including phenoxy) is 1. The van der Waals surface area contributed by atoms with Crippen LogP contribution in [-0.4, -0.2) is 34.8 Å². The van der Waals surface area contributed by atoms with Gasteiger partial charge in [0.05, 0.1) is 12.0 Å². The maximum Gasteiger partial charge on any atom is 0.254 e. The van der Waals surface area contributed by atoms with E-state index >= 15 is 0 Å². The molecule has 2 aromatic carbocycles. The summed E-state index contributed by atoms with van der Waals surface area (Å²) < 4.78 is 19.9. The van der Waals surface area contributed by atoms with E-state index in [0.717, 1.165) is 16.7 Å². The number of nitrogens with zero attached hydrogens (tertiary/aromatic N) is 2. The summed E-state index contributed by atoms with van der Waals surface area (Å²) in [7, 11) is 0. The average molecular weight is 460 g/mol. The Hall–Kier alpha value is -3.58. The van der Waals surface area contributed by atoms with E-state index in [4.69, 9.17) is 4.74 Å². The van der Waals surface area contributed by atoms with Crippen molar-refractivity contribution in [1.29, 1.82) is 0 Å². The van der Waals surface area contributed by atoms with Gasteiger partial charge >= 0.3 is 0 Å². The summed E-state index contributed by atoms with van der Waals surface area (Å²) in [6.07, 6.45) is 4.10. The first-order valence-electron chi connectivity index (χ1n) is 11.5. The Bertz CT molecular complexity index is 1190. The third-order valence-corrected chi connectivity index (χ3v) is 6.67. The van der Waals surface area contributed by atoms with Crippen molar-refractivity contribution in [3.63, 3.8) is 0 Å². The number of fused-ring (bicyclic) bond motifs is 2. The second-order valence-electron chi connectivity index (χ2n) is 8.85. The molecule has 174 valence electrons. The fourth-order valence-electron chi connectivity index (χ4n) is 4.91. The lowest BCUT2D eigenvalue weighted by atomic mass is 9.83. The van der Waals surface area contributed by atoms with E-state index in [0.29, 0.717) is 38.0 Å². The van der Waals surface area contributed by atoms with Crippen LogP contribution in [-0.2, 0) is 32.9 Å². The first kappa shape index (κ1) is 22.2. The van der Waals surface area contributed by atoms with Crippen LogP contribution in [0.25, 0.3) is 0 Å². The molecule has 0 radical (unpaired) electrons. The van der Waals surface area contributed by atoms with Crippen molar-refractivity contribution in [1.82, 2.24) is 15.2 Å². The highest BCUT2D eigenvalue weighted by Gasteiger charge is 2.49. The molecule has 1 spiro atoms. The lowest BCUT2D eigenvalue weighted by Crippen LogP contribution is -2.46. The van der Waals surface area contributed by atoms with Crippen molar-refractivity contribution in [2.75, 3.05) is 13.1 Å². The van der Waals surface area contributed by atoms with Crippen LogP contribution in [0.5, 0.6) is 0 Å². The first-order valence-corrected chi connectivity index (χ1v) is 11.5. The number of carbonyl (C=O) groups excluding carboxylic acids is 2. The monoisotopic (exact) mass is 459 g/mol. The quantitative estimate of drug-likeness (QED) is 0.632. The summed E-state index contributed by atoms with van der Waals surface area (Å²) in [5.74, 6) is -0.554. The summed E-state index contributed by atoms with van der Waals surface area (Å²) in [4.78, 5) is 31.8. The molecule has 1 atom stereocenters. The first-order chi connectivity index (χ1) is 16.5. The number of likely N-dealkylation sites (tertiary alicyclic amines) is 1. The van der Waals surface area contributed by atoms with Gasteiger partial charge in [-0.05, 0) is 53.3 Å². The highest BCUT2D eigenvalue weighted by molar-refractivity contribution is 5.84. The molecule has 1 fully saturated rings. The molecule has 1 aromatic heterocycles. The molecule has 0 unspecified atom stereocenters. The Morgan fingerprint density at radius 2 is 1.85 bits per heavy atom. The Labute approximate surface area is 197 Å². The van der Waals surface area contributed by atoms with Crippen molar-refractivity contribution in [2.24, 2.45) is 0 Å². The Balaban J connectivity index is 1.26. The van der Waals surface area contributed by atoms with Crippen LogP contribution < -0.4 is 5.32 Å². The molecule has 3 heterocycles. The maximum atomic E-state index is 13.5. The van der Waals surface area contributed by atoms with Crippen molar-refractivity contribution in [3.8, 4) is 0 Å². The Morgan fingerprint density at radius 3 is 2.62 bits per heavy atom. The van der Waals surface area contributed by atoms with Crippen molar-refractivity contribution in [3.05, 3.63) is 101 Å². The third-order valence-electron chi connectivity index (χ3n) is 6.67. The summed E-state index contributed by atoms with van der Waals surface area (Å²) in [6, 6.07) is 17.7. The number of nitrogens with one attached hydrogen (secondary N) is 1. The molecule has 0 bridgehead atoms. The normalized spacial score (nSPS) is 18.5. The van der Waals surface area contributed by atoms with Crippen LogP contribution in [0.2, 0.25) is 0 Å². The lowest BCUT2D eigenvalue weighted by molar-refractivity contribution is -0.155. The van der Waals surface area contributed by atoms with Crippen LogP contribution in [0, 0.1) is 5.82 Å². The van der Waals surface area contributed by atoms with Gasteiger partial charge in [0.1, 0.15) is 5.82 Å². The van der Waals surface area contributed by atoms with Gasteiger partial charge < -0.3 is 15.0 Å². The minimum absolute atomic E-state index is 0.0301. The summed E-state index contributed by atoms with van der Waals surface area (Å²) in [6.45, 7) is 1.42. The summed E-state index contributed by atoms with van der Waals surface area (Å²) in [5.41, 5.74) is 2.89. The fraction of sp³-hybridized carbons (Fsp3) is 0.296. The zero-order valence-electron chi connectivity index (χ0n) is 18.7. The highest BCUT2D eigenvalue weighted by Crippen LogP contribution is 2.49. The summed E-state index contributed by atoms with van der Waals surface area (Å²) in [5, 5.41) is 2.96. The third kappa shape index (κ3) is 4.43. The molecule has 2 aliphatic heterocycles. The van der Waals surface area contributed by atoms with E-state index in [9.17, 15) is 14.0 Å². The van der Waals surface area contributed by atoms with Gasteiger partial charge in [-0.2, -0.15) is 0 Å². The highest BCUT2D eigenvalue weighted by atomic mass is 19.1. The van der Waals surface area contributed by atoms with Crippen LogP contribution in [0.15, 0.2) is 73.1 Å². The molecule has 0 aliphatic carbocycles. The second kappa shape index (κ2) is 9.35. The van der Waals surface area contributed by atoms with Gasteiger partial charge in [-0.3, -0.25) is 14.6 Å². The molecule has 0 saturated carbocycles. The largest absolute Gasteiger partial charge is 0.352 e. The van der Waals surface area contributed by atoms with E-state index in [2.05, 4.69) is 10.3 Å². The van der Waals surface area contributed by atoms with Gasteiger partial charge in [0, 0.05) is 32.0 Å². The van der Waals surface area contributed by atoms with Gasteiger partial charge in [0.2, 0.25) is 5.91 Å². The Morgan fingerprint density at radius 1 is 1.06 bits per heavy atom. The Kier molecular flexibility index (Phi) is 6.11. The van der Waals surface area contributed by atoms with Gasteiger partial charge in [-0.15, -0.1) is 0 Å². The molecule has 7 heteroatoms. The van der Waals surface area contributed by atoms with E-state index in [-0.39, 0.29) is 24.1 Å². The molecule has 3 aromatic rings. The standard InChI is InChI=1S/C27H26FN3O3/c28-21-7-3-5-19(15-21)16-24(32)31-13-10-27(11-14-31)23-9-2-1-8-22(23)25(34-27)26(33)30-18-20-6-4-12-29-17-20/h1-9,12,15,17,25H,10-11,13-14,16,18H2,(H,30,33)/t25-/m0/s1. The molecule has 2 aliphatic rings. The molecular formula is C27H26FN3O3. The van der Waals surface area contributed by atoms with Crippen LogP contribution >= 0.6 is 0 Å². The zero-order chi connectivity index (χ0) is 23.5. The molecular weight excluding hydrogens is 433 g/mol. The lowest BCUT2D eigenvalue weighted by Gasteiger charge is -2.39. The van der Waals surface area contributed by atoms with Gasteiger partial charge in [-0.25, -0.2) is 4.39 Å². The predicted octanol–water partition coefficient (Wildman–Crippen LogP) is 3.67. The number of pyridine rings is 1. The maximum absolute atomic E-state index is 13.5. The number of piperidine rings is 1. The summed E-state index contributed by atoms with van der Waals surface area (Å²) >= 11 is 0. The number of hydrogen-bond acceptors (Lipinski definition) is 4. The average Bonchev–Trinajstić information content (AvgIpc) is 3.18. The smallest absolute Gasteiger partial charge is 0.254 e. The second-order valence-corrected chi connectivity index (χ2v) is 8.85. The molecule has 5 rings (SSSR count). The number of aromatic nitrogens is 1. The molecule has 1 N–H and O–H groups in total. The molecule has 2 amide bonds. The zero-order valence-corrected chi connectivity index (χ0v) is 18.7. The minimum atomic E-state index is -0.692. The van der Waals surface area contributed by atoms with E-state index < -0.39 is 11.7 Å². The van der Waals surface area contributed by atoms with E-state index in [1.54, 1.807) is 29.4 Å². The minimum Gasteiger partial charge on any atom is -0.352 e. The topological polar surface area (TPSA) is 71.5 Å². The van der Waals surface area contributed by atoms with Crippen molar-refractivity contribution in [2.45, 2.75) is 37.5 Å².